The summed E-state index contributed by atoms with van der Waals surface area (Å²) in [5.74, 6) is -1.94. The Morgan fingerprint density at radius 1 is 1.42 bits per heavy atom. The van der Waals surface area contributed by atoms with Crippen LogP contribution >= 0.6 is 0 Å². The molecule has 2 rings (SSSR count). The number of methoxy groups -OCH3 is 1. The Kier molecular flexibility index (Phi) is 4.11. The summed E-state index contributed by atoms with van der Waals surface area (Å²) < 4.78 is 31.2. The standard InChI is InChI=1S/C13H16F2N2O2/c1-19-5-4-17-12(18)7-11(16)13(17)8-2-3-9(14)10(15)6-8/h2-3,6,11,13H,4-5,7,16H2,1H3. The van der Waals surface area contributed by atoms with E-state index in [1.54, 1.807) is 4.90 Å². The number of nitrogens with two attached hydrogens (primary N) is 1. The lowest BCUT2D eigenvalue weighted by atomic mass is 10.0. The summed E-state index contributed by atoms with van der Waals surface area (Å²) in [6, 6.07) is 2.75. The zero-order valence-corrected chi connectivity index (χ0v) is 10.6. The van der Waals surface area contributed by atoms with E-state index < -0.39 is 23.7 Å². The lowest BCUT2D eigenvalue weighted by Gasteiger charge is -2.27. The van der Waals surface area contributed by atoms with Crippen LogP contribution in [0.1, 0.15) is 18.0 Å². The molecule has 0 bridgehead atoms. The Labute approximate surface area is 110 Å². The number of likely N-dealkylation sites (tertiary alicyclic amines) is 1. The molecular formula is C13H16F2N2O2. The van der Waals surface area contributed by atoms with Crippen LogP contribution < -0.4 is 5.73 Å². The largest absolute Gasteiger partial charge is 0.383 e. The molecule has 0 spiro atoms. The van der Waals surface area contributed by atoms with E-state index in [4.69, 9.17) is 10.5 Å². The SMILES string of the molecule is COCCN1C(=O)CC(N)C1c1ccc(F)c(F)c1. The van der Waals surface area contributed by atoms with Gasteiger partial charge >= 0.3 is 0 Å². The molecule has 2 unspecified atom stereocenters. The van der Waals surface area contributed by atoms with Crippen molar-refractivity contribution < 1.29 is 18.3 Å². The van der Waals surface area contributed by atoms with E-state index in [-0.39, 0.29) is 12.3 Å². The van der Waals surface area contributed by atoms with Gasteiger partial charge in [0.25, 0.3) is 0 Å². The van der Waals surface area contributed by atoms with Gasteiger partial charge in [0.05, 0.1) is 12.6 Å². The predicted molar refractivity (Wildman–Crippen MR) is 65.3 cm³/mol. The summed E-state index contributed by atoms with van der Waals surface area (Å²) in [6.45, 7) is 0.755. The monoisotopic (exact) mass is 270 g/mol. The van der Waals surface area contributed by atoms with Crippen molar-refractivity contribution >= 4 is 5.91 Å². The lowest BCUT2D eigenvalue weighted by Crippen LogP contribution is -2.35. The molecule has 1 aliphatic heterocycles. The highest BCUT2D eigenvalue weighted by atomic mass is 19.2. The second-order valence-electron chi connectivity index (χ2n) is 4.57. The molecule has 1 aromatic carbocycles. The first kappa shape index (κ1) is 13.9. The molecule has 4 nitrogen and oxygen atoms in total. The van der Waals surface area contributed by atoms with E-state index in [9.17, 15) is 13.6 Å². The van der Waals surface area contributed by atoms with Crippen molar-refractivity contribution in [2.24, 2.45) is 5.73 Å². The van der Waals surface area contributed by atoms with Crippen LogP contribution in [0.25, 0.3) is 0 Å². The van der Waals surface area contributed by atoms with Crippen LogP contribution in [0.4, 0.5) is 8.78 Å². The molecule has 1 aromatic rings. The molecule has 1 heterocycles. The van der Waals surface area contributed by atoms with Crippen LogP contribution in [0, 0.1) is 11.6 Å². The molecule has 1 fully saturated rings. The minimum Gasteiger partial charge on any atom is -0.383 e. The van der Waals surface area contributed by atoms with Crippen LogP contribution in [0.2, 0.25) is 0 Å². The Bertz CT molecular complexity index is 482. The average Bonchev–Trinajstić information content (AvgIpc) is 2.65. The number of hydrogen-bond acceptors (Lipinski definition) is 3. The number of halogens is 2. The van der Waals surface area contributed by atoms with Gasteiger partial charge in [0, 0.05) is 26.1 Å². The van der Waals surface area contributed by atoms with E-state index >= 15 is 0 Å². The fraction of sp³-hybridized carbons (Fsp3) is 0.462. The van der Waals surface area contributed by atoms with Crippen molar-refractivity contribution in [3.63, 3.8) is 0 Å². The maximum Gasteiger partial charge on any atom is 0.224 e. The fourth-order valence-electron chi connectivity index (χ4n) is 2.39. The Hall–Kier alpha value is -1.53. The van der Waals surface area contributed by atoms with Gasteiger partial charge < -0.3 is 15.4 Å². The van der Waals surface area contributed by atoms with Crippen molar-refractivity contribution in [1.29, 1.82) is 0 Å². The van der Waals surface area contributed by atoms with Gasteiger partial charge in [-0.15, -0.1) is 0 Å². The third-order valence-corrected chi connectivity index (χ3v) is 3.29. The average molecular weight is 270 g/mol. The number of hydrogen-bond donors (Lipinski definition) is 1. The second kappa shape index (κ2) is 5.63. The number of nitrogens with zero attached hydrogens (tertiary/aromatic N) is 1. The summed E-state index contributed by atoms with van der Waals surface area (Å²) in [7, 11) is 1.53. The summed E-state index contributed by atoms with van der Waals surface area (Å²) in [5.41, 5.74) is 6.44. The van der Waals surface area contributed by atoms with Crippen molar-refractivity contribution in [3.05, 3.63) is 35.4 Å². The van der Waals surface area contributed by atoms with E-state index in [1.165, 1.54) is 13.2 Å². The Balaban J connectivity index is 2.28. The number of carbonyl (C=O) groups is 1. The maximum absolute atomic E-state index is 13.3. The van der Waals surface area contributed by atoms with E-state index in [2.05, 4.69) is 0 Å². The van der Waals surface area contributed by atoms with Gasteiger partial charge in [-0.1, -0.05) is 6.07 Å². The maximum atomic E-state index is 13.3. The zero-order valence-electron chi connectivity index (χ0n) is 10.6. The van der Waals surface area contributed by atoms with E-state index in [0.29, 0.717) is 18.7 Å². The molecule has 104 valence electrons. The number of rotatable bonds is 4. The minimum atomic E-state index is -0.934. The number of benzene rings is 1. The first-order chi connectivity index (χ1) is 9.04. The van der Waals surface area contributed by atoms with Gasteiger partial charge in [0.15, 0.2) is 11.6 Å². The van der Waals surface area contributed by atoms with E-state index in [1.807, 2.05) is 0 Å². The molecule has 0 radical (unpaired) electrons. The van der Waals surface area contributed by atoms with Crippen LogP contribution in [-0.4, -0.2) is 37.1 Å². The summed E-state index contributed by atoms with van der Waals surface area (Å²) in [4.78, 5) is 13.4. The molecule has 2 atom stereocenters. The third kappa shape index (κ3) is 2.74. The van der Waals surface area contributed by atoms with Crippen LogP contribution in [0.5, 0.6) is 0 Å². The Morgan fingerprint density at radius 3 is 2.79 bits per heavy atom. The Morgan fingerprint density at radius 2 is 2.16 bits per heavy atom. The van der Waals surface area contributed by atoms with Gasteiger partial charge in [0.2, 0.25) is 5.91 Å². The molecule has 0 aliphatic carbocycles. The molecule has 1 saturated heterocycles. The minimum absolute atomic E-state index is 0.0979. The smallest absolute Gasteiger partial charge is 0.224 e. The first-order valence-corrected chi connectivity index (χ1v) is 6.03. The van der Waals surface area contributed by atoms with Gasteiger partial charge in [-0.2, -0.15) is 0 Å². The lowest BCUT2D eigenvalue weighted by molar-refractivity contribution is -0.129. The number of carbonyl (C=O) groups excluding carboxylic acids is 1. The molecule has 2 N–H and O–H groups in total. The summed E-state index contributed by atoms with van der Waals surface area (Å²) >= 11 is 0. The number of ether oxygens (including phenoxy) is 1. The molecule has 1 aliphatic rings. The second-order valence-corrected chi connectivity index (χ2v) is 4.57. The zero-order chi connectivity index (χ0) is 14.0. The quantitative estimate of drug-likeness (QED) is 0.894. The van der Waals surface area contributed by atoms with Crippen molar-refractivity contribution in [1.82, 2.24) is 4.90 Å². The summed E-state index contributed by atoms with van der Waals surface area (Å²) in [5, 5.41) is 0. The number of amides is 1. The summed E-state index contributed by atoms with van der Waals surface area (Å²) in [6.07, 6.45) is 0.202. The van der Waals surface area contributed by atoms with Crippen molar-refractivity contribution in [2.75, 3.05) is 20.3 Å². The van der Waals surface area contributed by atoms with Gasteiger partial charge in [-0.3, -0.25) is 4.79 Å². The van der Waals surface area contributed by atoms with Crippen molar-refractivity contribution in [2.45, 2.75) is 18.5 Å². The molecule has 0 saturated carbocycles. The highest BCUT2D eigenvalue weighted by molar-refractivity contribution is 5.80. The third-order valence-electron chi connectivity index (χ3n) is 3.29. The van der Waals surface area contributed by atoms with Crippen molar-refractivity contribution in [3.8, 4) is 0 Å². The molecule has 0 aromatic heterocycles. The van der Waals surface area contributed by atoms with Crippen LogP contribution in [0.3, 0.4) is 0 Å². The fourth-order valence-corrected chi connectivity index (χ4v) is 2.39. The molecule has 1 amide bonds. The highest BCUT2D eigenvalue weighted by Gasteiger charge is 2.38. The molecule has 19 heavy (non-hydrogen) atoms. The normalized spacial score (nSPS) is 23.2. The highest BCUT2D eigenvalue weighted by Crippen LogP contribution is 2.32. The topological polar surface area (TPSA) is 55.6 Å². The van der Waals surface area contributed by atoms with Crippen LogP contribution in [-0.2, 0) is 9.53 Å². The van der Waals surface area contributed by atoms with E-state index in [0.717, 1.165) is 12.1 Å². The van der Waals surface area contributed by atoms with Gasteiger partial charge in [-0.05, 0) is 17.7 Å². The molecular weight excluding hydrogens is 254 g/mol. The predicted octanol–water partition coefficient (Wildman–Crippen LogP) is 1.21. The first-order valence-electron chi connectivity index (χ1n) is 6.03. The van der Waals surface area contributed by atoms with Crippen LogP contribution in [0.15, 0.2) is 18.2 Å². The molecule has 6 heteroatoms. The van der Waals surface area contributed by atoms with Gasteiger partial charge in [0.1, 0.15) is 0 Å². The van der Waals surface area contributed by atoms with Gasteiger partial charge in [-0.25, -0.2) is 8.78 Å².